The molecule has 0 fully saturated rings. The van der Waals surface area contributed by atoms with Crippen LogP contribution >= 0.6 is 15.6 Å². The minimum Gasteiger partial charge on any atom is -0.462 e. The van der Waals surface area contributed by atoms with E-state index in [2.05, 4.69) is 55.4 Å². The van der Waals surface area contributed by atoms with Gasteiger partial charge in [-0.2, -0.15) is 0 Å². The summed E-state index contributed by atoms with van der Waals surface area (Å²) in [5.41, 5.74) is 0. The fraction of sp³-hybridized carbons (Fsp3) is 0.944. The van der Waals surface area contributed by atoms with Crippen LogP contribution in [0, 0.1) is 23.7 Å². The van der Waals surface area contributed by atoms with Gasteiger partial charge in [-0.3, -0.25) is 37.3 Å². The molecule has 0 heterocycles. The quantitative estimate of drug-likeness (QED) is 0.0222. The van der Waals surface area contributed by atoms with Gasteiger partial charge in [0.15, 0.2) is 12.2 Å². The number of rotatable bonds is 68. The molecule has 0 bridgehead atoms. The Morgan fingerprint density at radius 3 is 0.689 bits per heavy atom. The van der Waals surface area contributed by atoms with Crippen LogP contribution in [0.4, 0.5) is 0 Å². The zero-order valence-corrected chi connectivity index (χ0v) is 60.6. The average molecular weight is 1330 g/mol. The summed E-state index contributed by atoms with van der Waals surface area (Å²) in [6, 6.07) is 0. The third kappa shape index (κ3) is 64.8. The Morgan fingerprint density at radius 2 is 0.467 bits per heavy atom. The molecule has 3 N–H and O–H groups in total. The van der Waals surface area contributed by atoms with Gasteiger partial charge in [0.2, 0.25) is 0 Å². The molecule has 0 aliphatic heterocycles. The Balaban J connectivity index is 5.24. The average Bonchev–Trinajstić information content (AvgIpc) is 2.06. The number of ether oxygens (including phenoxy) is 4. The van der Waals surface area contributed by atoms with Crippen LogP contribution in [-0.4, -0.2) is 96.7 Å². The zero-order valence-electron chi connectivity index (χ0n) is 58.8. The molecule has 0 rings (SSSR count). The van der Waals surface area contributed by atoms with E-state index in [1.54, 1.807) is 0 Å². The normalized spacial score (nSPS) is 14.3. The number of aliphatic hydroxyl groups excluding tert-OH is 1. The second-order valence-corrected chi connectivity index (χ2v) is 30.4. The van der Waals surface area contributed by atoms with Gasteiger partial charge in [0.05, 0.1) is 26.4 Å². The smallest absolute Gasteiger partial charge is 0.462 e. The van der Waals surface area contributed by atoms with Gasteiger partial charge in [-0.15, -0.1) is 0 Å². The van der Waals surface area contributed by atoms with Gasteiger partial charge in [-0.05, 0) is 49.4 Å². The Kier molecular flexibility index (Phi) is 59.4. The highest BCUT2D eigenvalue weighted by Crippen LogP contribution is 2.45. The number of carbonyl (C=O) groups is 4. The van der Waals surface area contributed by atoms with Crippen LogP contribution in [0.5, 0.6) is 0 Å². The van der Waals surface area contributed by atoms with Crippen LogP contribution in [0.2, 0.25) is 0 Å². The first-order chi connectivity index (χ1) is 43.1. The van der Waals surface area contributed by atoms with Crippen LogP contribution in [0.15, 0.2) is 0 Å². The number of unbranched alkanes of at least 4 members (excludes halogenated alkanes) is 34. The Bertz CT molecular complexity index is 1780. The molecule has 19 heteroatoms. The molecule has 5 atom stereocenters. The second kappa shape index (κ2) is 60.7. The molecule has 0 spiro atoms. The lowest BCUT2D eigenvalue weighted by Crippen LogP contribution is -2.30. The van der Waals surface area contributed by atoms with Crippen LogP contribution in [0.1, 0.15) is 351 Å². The van der Waals surface area contributed by atoms with Crippen LogP contribution in [0.3, 0.4) is 0 Å². The van der Waals surface area contributed by atoms with Crippen molar-refractivity contribution in [3.63, 3.8) is 0 Å². The summed E-state index contributed by atoms with van der Waals surface area (Å²) in [6.07, 6.45) is 43.2. The molecule has 0 saturated heterocycles. The van der Waals surface area contributed by atoms with Gasteiger partial charge in [0.25, 0.3) is 0 Å². The fourth-order valence-corrected chi connectivity index (χ4v) is 12.2. The van der Waals surface area contributed by atoms with Crippen LogP contribution in [-0.2, 0) is 65.4 Å². The van der Waals surface area contributed by atoms with Crippen molar-refractivity contribution in [2.75, 3.05) is 39.6 Å². The Labute approximate surface area is 549 Å². The number of phosphoric ester groups is 2. The minimum atomic E-state index is -4.95. The van der Waals surface area contributed by atoms with E-state index in [4.69, 9.17) is 37.0 Å². The molecular formula is C71H138O17P2. The molecule has 17 nitrogen and oxygen atoms in total. The van der Waals surface area contributed by atoms with Gasteiger partial charge in [-0.25, -0.2) is 9.13 Å². The molecule has 0 saturated carbocycles. The highest BCUT2D eigenvalue weighted by molar-refractivity contribution is 7.47. The maximum absolute atomic E-state index is 13.0. The van der Waals surface area contributed by atoms with E-state index >= 15 is 0 Å². The third-order valence-corrected chi connectivity index (χ3v) is 18.2. The summed E-state index contributed by atoms with van der Waals surface area (Å²) in [5, 5.41) is 10.6. The van der Waals surface area contributed by atoms with E-state index in [0.717, 1.165) is 108 Å². The molecule has 0 amide bonds. The fourth-order valence-electron chi connectivity index (χ4n) is 10.7. The number of carbonyl (C=O) groups excluding carboxylic acids is 4. The van der Waals surface area contributed by atoms with Gasteiger partial charge in [0.1, 0.15) is 19.3 Å². The summed E-state index contributed by atoms with van der Waals surface area (Å²) in [6.45, 7) is 14.1. The van der Waals surface area contributed by atoms with Gasteiger partial charge < -0.3 is 33.8 Å². The summed E-state index contributed by atoms with van der Waals surface area (Å²) in [7, 11) is -9.90. The van der Waals surface area contributed by atoms with E-state index in [1.807, 2.05) is 0 Å². The van der Waals surface area contributed by atoms with Crippen molar-refractivity contribution in [1.29, 1.82) is 0 Å². The summed E-state index contributed by atoms with van der Waals surface area (Å²) < 4.78 is 68.3. The van der Waals surface area contributed by atoms with E-state index in [9.17, 15) is 43.2 Å². The largest absolute Gasteiger partial charge is 0.472 e. The maximum Gasteiger partial charge on any atom is 0.472 e. The first-order valence-electron chi connectivity index (χ1n) is 36.7. The van der Waals surface area contributed by atoms with Crippen molar-refractivity contribution in [1.82, 2.24) is 0 Å². The van der Waals surface area contributed by atoms with Crippen LogP contribution < -0.4 is 0 Å². The minimum absolute atomic E-state index is 0.101. The molecular weight excluding hydrogens is 1190 g/mol. The van der Waals surface area contributed by atoms with E-state index in [-0.39, 0.29) is 25.7 Å². The van der Waals surface area contributed by atoms with Crippen molar-refractivity contribution >= 4 is 39.5 Å². The molecule has 0 aromatic carbocycles. The maximum atomic E-state index is 13.0. The third-order valence-electron chi connectivity index (χ3n) is 16.3. The molecule has 0 aromatic heterocycles. The Morgan fingerprint density at radius 1 is 0.278 bits per heavy atom. The summed E-state index contributed by atoms with van der Waals surface area (Å²) >= 11 is 0. The lowest BCUT2D eigenvalue weighted by atomic mass is 10.0. The first kappa shape index (κ1) is 88.1. The molecule has 0 aliphatic rings. The predicted molar refractivity (Wildman–Crippen MR) is 363 cm³/mol. The van der Waals surface area contributed by atoms with E-state index in [1.165, 1.54) is 154 Å². The number of esters is 4. The monoisotopic (exact) mass is 1320 g/mol. The number of hydrogen-bond acceptors (Lipinski definition) is 15. The van der Waals surface area contributed by atoms with Crippen LogP contribution in [0.25, 0.3) is 0 Å². The molecule has 3 unspecified atom stereocenters. The van der Waals surface area contributed by atoms with Gasteiger partial charge in [-0.1, -0.05) is 299 Å². The molecule has 0 aliphatic carbocycles. The highest BCUT2D eigenvalue weighted by atomic mass is 31.2. The number of hydrogen-bond donors (Lipinski definition) is 3. The molecule has 534 valence electrons. The lowest BCUT2D eigenvalue weighted by Gasteiger charge is -2.21. The van der Waals surface area contributed by atoms with E-state index in [0.29, 0.717) is 31.6 Å². The van der Waals surface area contributed by atoms with Crippen molar-refractivity contribution in [3.8, 4) is 0 Å². The molecule has 0 aromatic rings. The van der Waals surface area contributed by atoms with E-state index < -0.39 is 97.5 Å². The SMILES string of the molecule is CC(C)CCCCCCCCCCCCCCC(=O)OC[C@H](COP(=O)(O)OCC(O)COP(=O)(O)OC[C@@H](COC(=O)CCCCCCCCCCC(C)C)OC(=O)CCCCCCCCC(C)C)OC(=O)CCCCCCCCCCCCCCC(C)C. The first-order valence-corrected chi connectivity index (χ1v) is 39.7. The van der Waals surface area contributed by atoms with Crippen molar-refractivity contribution in [3.05, 3.63) is 0 Å². The van der Waals surface area contributed by atoms with Gasteiger partial charge in [0, 0.05) is 25.7 Å². The number of aliphatic hydroxyl groups is 1. The topological polar surface area (TPSA) is 237 Å². The lowest BCUT2D eigenvalue weighted by molar-refractivity contribution is -0.161. The van der Waals surface area contributed by atoms with Crippen molar-refractivity contribution < 1.29 is 80.2 Å². The van der Waals surface area contributed by atoms with Crippen molar-refractivity contribution in [2.45, 2.75) is 369 Å². The van der Waals surface area contributed by atoms with Gasteiger partial charge >= 0.3 is 39.5 Å². The summed E-state index contributed by atoms with van der Waals surface area (Å²) in [5.74, 6) is 0.822. The van der Waals surface area contributed by atoms with Crippen molar-refractivity contribution in [2.24, 2.45) is 23.7 Å². The standard InChI is InChI=1S/C71H138O17P2/c1-61(2)47-39-31-23-17-13-9-11-15-19-26-35-43-51-68(73)81-57-66(87-70(75)53-45-37-28-20-16-12-10-14-18-24-32-40-48-62(3)4)59-85-89(77,78)83-55-65(72)56-84-90(79,80)86-60-67(88-71(76)54-46-38-30-29-34-42-50-64(7)8)58-82-69(74)52-44-36-27-22-21-25-33-41-49-63(5)6/h61-67,72H,9-60H2,1-8H3,(H,77,78)(H,79,80)/t65?,66-,67-/m1/s1. The Hall–Kier alpha value is -1.94. The molecule has 90 heavy (non-hydrogen) atoms. The highest BCUT2D eigenvalue weighted by Gasteiger charge is 2.30. The predicted octanol–water partition coefficient (Wildman–Crippen LogP) is 20.1. The number of phosphoric acid groups is 2. The second-order valence-electron chi connectivity index (χ2n) is 27.5. The zero-order chi connectivity index (χ0) is 66.8. The summed E-state index contributed by atoms with van der Waals surface area (Å²) in [4.78, 5) is 72.5. The molecule has 0 radical (unpaired) electrons.